The third kappa shape index (κ3) is 6.33. The monoisotopic (exact) mass is 297 g/mol. The van der Waals surface area contributed by atoms with Gasteiger partial charge in [0.15, 0.2) is 11.5 Å². The van der Waals surface area contributed by atoms with Gasteiger partial charge in [0.25, 0.3) is 0 Å². The van der Waals surface area contributed by atoms with Crippen LogP contribution in [0.4, 0.5) is 0 Å². The van der Waals surface area contributed by atoms with Gasteiger partial charge in [-0.15, -0.1) is 0 Å². The van der Waals surface area contributed by atoms with Gasteiger partial charge < -0.3 is 24.6 Å². The number of nitrogens with one attached hydrogen (secondary N) is 1. The first kappa shape index (κ1) is 17.8. The van der Waals surface area contributed by atoms with Gasteiger partial charge in [0.1, 0.15) is 12.7 Å². The molecule has 0 saturated heterocycles. The van der Waals surface area contributed by atoms with E-state index in [1.165, 1.54) is 0 Å². The van der Waals surface area contributed by atoms with Gasteiger partial charge in [0.2, 0.25) is 0 Å². The lowest BCUT2D eigenvalue weighted by Crippen LogP contribution is -2.24. The van der Waals surface area contributed by atoms with E-state index in [2.05, 4.69) is 12.2 Å². The summed E-state index contributed by atoms with van der Waals surface area (Å²) < 4.78 is 16.6. The fourth-order valence-electron chi connectivity index (χ4n) is 1.87. The smallest absolute Gasteiger partial charge is 0.165 e. The number of aliphatic hydroxyl groups excluding tert-OH is 1. The predicted molar refractivity (Wildman–Crippen MR) is 83.0 cm³/mol. The van der Waals surface area contributed by atoms with Crippen LogP contribution in [0.25, 0.3) is 0 Å². The topological polar surface area (TPSA) is 60.0 Å². The molecule has 0 aliphatic heterocycles. The van der Waals surface area contributed by atoms with E-state index in [1.54, 1.807) is 0 Å². The number of benzene rings is 1. The van der Waals surface area contributed by atoms with Gasteiger partial charge in [0.05, 0.1) is 13.2 Å². The molecule has 0 heterocycles. The molecule has 0 saturated carbocycles. The minimum atomic E-state index is -0.647. The lowest BCUT2D eigenvalue weighted by molar-refractivity contribution is 0.0156. The highest BCUT2D eigenvalue weighted by Gasteiger charge is 2.13. The zero-order valence-electron chi connectivity index (χ0n) is 13.2. The summed E-state index contributed by atoms with van der Waals surface area (Å²) in [4.78, 5) is 0. The van der Waals surface area contributed by atoms with Crippen LogP contribution < -0.4 is 14.8 Å². The van der Waals surface area contributed by atoms with Gasteiger partial charge in [-0.25, -0.2) is 0 Å². The maximum Gasteiger partial charge on any atom is 0.165 e. The number of ether oxygens (including phenoxy) is 3. The van der Waals surface area contributed by atoms with Crippen molar-refractivity contribution in [3.05, 3.63) is 23.8 Å². The number of rotatable bonds is 11. The van der Waals surface area contributed by atoms with Crippen molar-refractivity contribution in [2.24, 2.45) is 0 Å². The normalized spacial score (nSPS) is 12.2. The molecule has 5 nitrogen and oxygen atoms in total. The largest absolute Gasteiger partial charge is 0.490 e. The average Bonchev–Trinajstić information content (AvgIpc) is 2.50. The summed E-state index contributed by atoms with van der Waals surface area (Å²) in [6.07, 6.45) is -0.647. The van der Waals surface area contributed by atoms with Crippen LogP contribution in [0.3, 0.4) is 0 Å². The van der Waals surface area contributed by atoms with E-state index >= 15 is 0 Å². The Balaban J connectivity index is 2.74. The van der Waals surface area contributed by atoms with Crippen molar-refractivity contribution in [1.29, 1.82) is 0 Å². The first-order valence-corrected chi connectivity index (χ1v) is 7.56. The van der Waals surface area contributed by atoms with Crippen molar-refractivity contribution >= 4 is 0 Å². The highest BCUT2D eigenvalue weighted by molar-refractivity contribution is 5.46. The molecule has 0 aliphatic rings. The van der Waals surface area contributed by atoms with Gasteiger partial charge in [-0.2, -0.15) is 0 Å². The molecule has 2 N–H and O–H groups in total. The fraction of sp³-hybridized carbons (Fsp3) is 0.625. The van der Waals surface area contributed by atoms with E-state index in [0.717, 1.165) is 12.1 Å². The summed E-state index contributed by atoms with van der Waals surface area (Å²) in [7, 11) is 0. The van der Waals surface area contributed by atoms with Gasteiger partial charge in [-0.1, -0.05) is 19.1 Å². The van der Waals surface area contributed by atoms with E-state index in [4.69, 9.17) is 14.2 Å². The first-order chi connectivity index (χ1) is 10.2. The number of aliphatic hydroxyl groups is 1. The zero-order chi connectivity index (χ0) is 15.5. The maximum atomic E-state index is 9.82. The Morgan fingerprint density at radius 3 is 2.57 bits per heavy atom. The van der Waals surface area contributed by atoms with Crippen molar-refractivity contribution in [3.8, 4) is 11.5 Å². The molecule has 0 amide bonds. The van der Waals surface area contributed by atoms with Crippen LogP contribution in [0.2, 0.25) is 0 Å². The van der Waals surface area contributed by atoms with E-state index in [1.807, 2.05) is 32.0 Å². The molecule has 21 heavy (non-hydrogen) atoms. The molecular formula is C16H27NO4. The first-order valence-electron chi connectivity index (χ1n) is 7.56. The molecule has 1 aromatic carbocycles. The van der Waals surface area contributed by atoms with Crippen molar-refractivity contribution in [2.45, 2.75) is 33.4 Å². The van der Waals surface area contributed by atoms with Crippen molar-refractivity contribution < 1.29 is 19.3 Å². The Morgan fingerprint density at radius 2 is 1.90 bits per heavy atom. The Kier molecular flexibility index (Phi) is 8.82. The Morgan fingerprint density at radius 1 is 1.10 bits per heavy atom. The van der Waals surface area contributed by atoms with Crippen LogP contribution in [0.5, 0.6) is 11.5 Å². The Hall–Kier alpha value is -1.30. The van der Waals surface area contributed by atoms with E-state index in [0.29, 0.717) is 31.3 Å². The summed E-state index contributed by atoms with van der Waals surface area (Å²) >= 11 is 0. The van der Waals surface area contributed by atoms with E-state index in [-0.39, 0.29) is 13.2 Å². The molecule has 0 fully saturated rings. The molecule has 1 aromatic rings. The molecule has 0 aliphatic carbocycles. The molecule has 5 heteroatoms. The van der Waals surface area contributed by atoms with Gasteiger partial charge in [0, 0.05) is 18.7 Å². The fourth-order valence-corrected chi connectivity index (χ4v) is 1.87. The highest BCUT2D eigenvalue weighted by Crippen LogP contribution is 2.31. The number of para-hydroxylation sites is 1. The van der Waals surface area contributed by atoms with E-state index < -0.39 is 6.10 Å². The van der Waals surface area contributed by atoms with Crippen LogP contribution in [0.1, 0.15) is 26.3 Å². The van der Waals surface area contributed by atoms with Crippen molar-refractivity contribution in [2.75, 3.05) is 33.0 Å². The molecule has 0 bridgehead atoms. The quantitative estimate of drug-likeness (QED) is 0.654. The van der Waals surface area contributed by atoms with Crippen LogP contribution in [0, 0.1) is 0 Å². The summed E-state index contributed by atoms with van der Waals surface area (Å²) in [5.74, 6) is 1.40. The molecule has 0 radical (unpaired) electrons. The second-order valence-electron chi connectivity index (χ2n) is 4.58. The zero-order valence-corrected chi connectivity index (χ0v) is 13.2. The predicted octanol–water partition coefficient (Wildman–Crippen LogP) is 1.97. The Bertz CT molecular complexity index is 398. The second kappa shape index (κ2) is 10.4. The lowest BCUT2D eigenvalue weighted by Gasteiger charge is -2.18. The highest BCUT2D eigenvalue weighted by atomic mass is 16.5. The summed E-state index contributed by atoms with van der Waals surface area (Å²) in [5.41, 5.74) is 1.02. The third-order valence-electron chi connectivity index (χ3n) is 2.86. The molecule has 1 atom stereocenters. The van der Waals surface area contributed by atoms with Gasteiger partial charge in [-0.05, 0) is 26.5 Å². The standard InChI is InChI=1S/C16H27NO4/c1-4-17-10-13-8-7-9-15(20-6-3)16(13)21-12-14(18)11-19-5-2/h7-9,14,17-18H,4-6,10-12H2,1-3H3. The SMILES string of the molecule is CCNCc1cccc(OCC)c1OCC(O)COCC. The van der Waals surface area contributed by atoms with Gasteiger partial charge in [-0.3, -0.25) is 0 Å². The minimum absolute atomic E-state index is 0.184. The number of hydrogen-bond donors (Lipinski definition) is 2. The molecule has 0 spiro atoms. The van der Waals surface area contributed by atoms with Crippen molar-refractivity contribution in [3.63, 3.8) is 0 Å². The summed E-state index contributed by atoms with van der Waals surface area (Å²) in [6, 6.07) is 5.82. The average molecular weight is 297 g/mol. The third-order valence-corrected chi connectivity index (χ3v) is 2.86. The molecule has 1 unspecified atom stereocenters. The summed E-state index contributed by atoms with van der Waals surface area (Å²) in [5, 5.41) is 13.1. The molecular weight excluding hydrogens is 270 g/mol. The molecule has 120 valence electrons. The number of hydrogen-bond acceptors (Lipinski definition) is 5. The van der Waals surface area contributed by atoms with Crippen LogP contribution >= 0.6 is 0 Å². The van der Waals surface area contributed by atoms with Crippen LogP contribution in [0.15, 0.2) is 18.2 Å². The van der Waals surface area contributed by atoms with Crippen LogP contribution in [-0.4, -0.2) is 44.2 Å². The molecule has 0 aromatic heterocycles. The molecule has 1 rings (SSSR count). The maximum absolute atomic E-state index is 9.82. The van der Waals surface area contributed by atoms with E-state index in [9.17, 15) is 5.11 Å². The Labute approximate surface area is 127 Å². The minimum Gasteiger partial charge on any atom is -0.490 e. The van der Waals surface area contributed by atoms with Gasteiger partial charge >= 0.3 is 0 Å². The van der Waals surface area contributed by atoms with Crippen LogP contribution in [-0.2, 0) is 11.3 Å². The summed E-state index contributed by atoms with van der Waals surface area (Å²) in [6.45, 7) is 9.08. The van der Waals surface area contributed by atoms with Crippen molar-refractivity contribution in [1.82, 2.24) is 5.32 Å². The second-order valence-corrected chi connectivity index (χ2v) is 4.58. The lowest BCUT2D eigenvalue weighted by atomic mass is 10.2.